The summed E-state index contributed by atoms with van der Waals surface area (Å²) in [5.74, 6) is 0.965. The number of hydrogen-bond donors (Lipinski definition) is 1. The standard InChI is InChI=1S/C22H26N2O4/c1-27-15-13-24-20-16-18(28-14-7-3-6-10-21(25)26)11-12-19(20)23-22(24)17-8-4-2-5-9-17/h2,4-5,8-9,11-12,16H,3,6-7,10,13-15H2,1H3,(H,25,26). The summed E-state index contributed by atoms with van der Waals surface area (Å²) in [6, 6.07) is 16.0. The van der Waals surface area contributed by atoms with Crippen LogP contribution in [-0.2, 0) is 16.1 Å². The van der Waals surface area contributed by atoms with E-state index in [4.69, 9.17) is 19.6 Å². The molecule has 0 radical (unpaired) electrons. The van der Waals surface area contributed by atoms with E-state index < -0.39 is 5.97 Å². The number of rotatable bonds is 11. The predicted octanol–water partition coefficient (Wildman–Crippen LogP) is 4.37. The van der Waals surface area contributed by atoms with Crippen LogP contribution in [0.5, 0.6) is 5.75 Å². The average molecular weight is 382 g/mol. The molecular weight excluding hydrogens is 356 g/mol. The minimum Gasteiger partial charge on any atom is -0.494 e. The Hall–Kier alpha value is -2.86. The van der Waals surface area contributed by atoms with Gasteiger partial charge in [0.15, 0.2) is 0 Å². The molecule has 0 aliphatic heterocycles. The van der Waals surface area contributed by atoms with Crippen molar-refractivity contribution in [3.63, 3.8) is 0 Å². The molecule has 3 rings (SSSR count). The Kier molecular flexibility index (Phi) is 7.03. The monoisotopic (exact) mass is 382 g/mol. The molecule has 0 unspecified atom stereocenters. The third kappa shape index (κ3) is 5.10. The number of carbonyl (C=O) groups is 1. The summed E-state index contributed by atoms with van der Waals surface area (Å²) in [5.41, 5.74) is 3.00. The second kappa shape index (κ2) is 9.90. The number of imidazole rings is 1. The molecule has 0 amide bonds. The molecule has 148 valence electrons. The molecule has 0 aliphatic rings. The van der Waals surface area contributed by atoms with Gasteiger partial charge in [0.2, 0.25) is 0 Å². The van der Waals surface area contributed by atoms with Crippen LogP contribution < -0.4 is 4.74 Å². The molecule has 0 saturated heterocycles. The van der Waals surface area contributed by atoms with Crippen molar-refractivity contribution < 1.29 is 19.4 Å². The zero-order valence-electron chi connectivity index (χ0n) is 16.1. The molecular formula is C22H26N2O4. The van der Waals surface area contributed by atoms with Crippen LogP contribution in [0.2, 0.25) is 0 Å². The first-order valence-electron chi connectivity index (χ1n) is 9.58. The molecule has 0 spiro atoms. The molecule has 28 heavy (non-hydrogen) atoms. The van der Waals surface area contributed by atoms with Crippen LogP contribution in [0.25, 0.3) is 22.4 Å². The molecule has 0 fully saturated rings. The fourth-order valence-corrected chi connectivity index (χ4v) is 3.15. The molecule has 0 atom stereocenters. The van der Waals surface area contributed by atoms with Gasteiger partial charge in [-0.1, -0.05) is 30.3 Å². The minimum absolute atomic E-state index is 0.215. The van der Waals surface area contributed by atoms with Gasteiger partial charge < -0.3 is 19.1 Å². The summed E-state index contributed by atoms with van der Waals surface area (Å²) in [6.07, 6.45) is 2.58. The van der Waals surface area contributed by atoms with Gasteiger partial charge in [-0.25, -0.2) is 4.98 Å². The highest BCUT2D eigenvalue weighted by Crippen LogP contribution is 2.27. The quantitative estimate of drug-likeness (QED) is 0.498. The molecule has 0 aliphatic carbocycles. The molecule has 1 aromatic heterocycles. The maximum absolute atomic E-state index is 10.5. The van der Waals surface area contributed by atoms with Gasteiger partial charge >= 0.3 is 5.97 Å². The lowest BCUT2D eigenvalue weighted by Crippen LogP contribution is -2.06. The zero-order chi connectivity index (χ0) is 19.8. The number of carboxylic acids is 1. The number of ether oxygens (including phenoxy) is 2. The van der Waals surface area contributed by atoms with Gasteiger partial charge in [0.05, 0.1) is 24.2 Å². The Morgan fingerprint density at radius 1 is 1.07 bits per heavy atom. The number of methoxy groups -OCH3 is 1. The number of fused-ring (bicyclic) bond motifs is 1. The largest absolute Gasteiger partial charge is 0.494 e. The summed E-state index contributed by atoms with van der Waals surface area (Å²) < 4.78 is 13.3. The van der Waals surface area contributed by atoms with Crippen molar-refractivity contribution in [1.82, 2.24) is 9.55 Å². The molecule has 0 bridgehead atoms. The number of unbranched alkanes of at least 4 members (excludes halogenated alkanes) is 2. The maximum Gasteiger partial charge on any atom is 0.303 e. The Morgan fingerprint density at radius 3 is 2.64 bits per heavy atom. The van der Waals surface area contributed by atoms with Crippen LogP contribution >= 0.6 is 0 Å². The van der Waals surface area contributed by atoms with Crippen molar-refractivity contribution in [1.29, 1.82) is 0 Å². The van der Waals surface area contributed by atoms with E-state index >= 15 is 0 Å². The van der Waals surface area contributed by atoms with Crippen LogP contribution in [0.3, 0.4) is 0 Å². The zero-order valence-corrected chi connectivity index (χ0v) is 16.1. The second-order valence-electron chi connectivity index (χ2n) is 6.65. The van der Waals surface area contributed by atoms with Crippen LogP contribution in [-0.4, -0.2) is 41.0 Å². The fraction of sp³-hybridized carbons (Fsp3) is 0.364. The summed E-state index contributed by atoms with van der Waals surface area (Å²) in [5, 5.41) is 8.67. The van der Waals surface area contributed by atoms with Crippen LogP contribution in [0.4, 0.5) is 0 Å². The topological polar surface area (TPSA) is 73.6 Å². The summed E-state index contributed by atoms with van der Waals surface area (Å²) in [7, 11) is 1.69. The van der Waals surface area contributed by atoms with E-state index in [9.17, 15) is 4.79 Å². The lowest BCUT2D eigenvalue weighted by Gasteiger charge is -2.10. The van der Waals surface area contributed by atoms with Crippen molar-refractivity contribution >= 4 is 17.0 Å². The highest BCUT2D eigenvalue weighted by molar-refractivity contribution is 5.82. The van der Waals surface area contributed by atoms with Crippen molar-refractivity contribution in [3.8, 4) is 17.1 Å². The molecule has 1 N–H and O–H groups in total. The maximum atomic E-state index is 10.5. The third-order valence-corrected chi connectivity index (χ3v) is 4.57. The highest BCUT2D eigenvalue weighted by atomic mass is 16.5. The van der Waals surface area contributed by atoms with E-state index in [0.717, 1.165) is 41.0 Å². The van der Waals surface area contributed by atoms with Crippen molar-refractivity contribution in [2.75, 3.05) is 20.3 Å². The molecule has 6 heteroatoms. The first kappa shape index (κ1) is 19.9. The first-order valence-corrected chi connectivity index (χ1v) is 9.58. The van der Waals surface area contributed by atoms with Gasteiger partial charge in [-0.05, 0) is 31.4 Å². The molecule has 6 nitrogen and oxygen atoms in total. The van der Waals surface area contributed by atoms with Gasteiger partial charge in [0, 0.05) is 31.7 Å². The number of aromatic nitrogens is 2. The van der Waals surface area contributed by atoms with E-state index in [2.05, 4.69) is 16.7 Å². The van der Waals surface area contributed by atoms with Crippen LogP contribution in [0.15, 0.2) is 48.5 Å². The van der Waals surface area contributed by atoms with Crippen molar-refractivity contribution in [3.05, 3.63) is 48.5 Å². The summed E-state index contributed by atoms with van der Waals surface area (Å²) in [4.78, 5) is 15.4. The third-order valence-electron chi connectivity index (χ3n) is 4.57. The van der Waals surface area contributed by atoms with Crippen molar-refractivity contribution in [2.24, 2.45) is 0 Å². The molecule has 1 heterocycles. The average Bonchev–Trinajstić information content (AvgIpc) is 3.07. The van der Waals surface area contributed by atoms with E-state index in [1.165, 1.54) is 0 Å². The Labute approximate surface area is 164 Å². The molecule has 0 saturated carbocycles. The van der Waals surface area contributed by atoms with E-state index in [-0.39, 0.29) is 6.42 Å². The Morgan fingerprint density at radius 2 is 1.89 bits per heavy atom. The second-order valence-corrected chi connectivity index (χ2v) is 6.65. The lowest BCUT2D eigenvalue weighted by molar-refractivity contribution is -0.137. The molecule has 2 aromatic carbocycles. The van der Waals surface area contributed by atoms with Gasteiger partial charge in [-0.2, -0.15) is 0 Å². The Balaban J connectivity index is 1.75. The number of nitrogens with zero attached hydrogens (tertiary/aromatic N) is 2. The number of carboxylic acid groups (broad SMARTS) is 1. The predicted molar refractivity (Wildman–Crippen MR) is 109 cm³/mol. The SMILES string of the molecule is COCCn1c(-c2ccccc2)nc2ccc(OCCCCCC(=O)O)cc21. The van der Waals surface area contributed by atoms with Crippen molar-refractivity contribution in [2.45, 2.75) is 32.2 Å². The number of benzene rings is 2. The number of hydrogen-bond acceptors (Lipinski definition) is 4. The summed E-state index contributed by atoms with van der Waals surface area (Å²) in [6.45, 7) is 1.87. The normalized spacial score (nSPS) is 11.0. The van der Waals surface area contributed by atoms with Crippen LogP contribution in [0, 0.1) is 0 Å². The van der Waals surface area contributed by atoms with E-state index in [0.29, 0.717) is 26.2 Å². The van der Waals surface area contributed by atoms with Gasteiger partial charge in [0.1, 0.15) is 11.6 Å². The summed E-state index contributed by atoms with van der Waals surface area (Å²) >= 11 is 0. The van der Waals surface area contributed by atoms with Gasteiger partial charge in [0.25, 0.3) is 0 Å². The van der Waals surface area contributed by atoms with Crippen LogP contribution in [0.1, 0.15) is 25.7 Å². The smallest absolute Gasteiger partial charge is 0.303 e. The minimum atomic E-state index is -0.745. The van der Waals surface area contributed by atoms with Gasteiger partial charge in [-0.3, -0.25) is 4.79 Å². The highest BCUT2D eigenvalue weighted by Gasteiger charge is 2.13. The lowest BCUT2D eigenvalue weighted by atomic mass is 10.2. The fourth-order valence-electron chi connectivity index (χ4n) is 3.15. The van der Waals surface area contributed by atoms with E-state index in [1.807, 2.05) is 36.4 Å². The molecule has 3 aromatic rings. The van der Waals surface area contributed by atoms with Gasteiger partial charge in [-0.15, -0.1) is 0 Å². The van der Waals surface area contributed by atoms with E-state index in [1.54, 1.807) is 7.11 Å². The number of aliphatic carboxylic acids is 1. The first-order chi connectivity index (χ1) is 13.7. The Bertz CT molecular complexity index is 906.